The standard InChI is InChI=1S/C13H18FNOS3/c1-19(16)9-3-2-8-15-13(17)18-10-11-4-6-12(14)7-5-11/h4-7H,2-3,8-10H2,1H3,(H,15,17). The lowest BCUT2D eigenvalue weighted by Gasteiger charge is -2.07. The highest BCUT2D eigenvalue weighted by Crippen LogP contribution is 2.13. The second-order valence-electron chi connectivity index (χ2n) is 4.11. The van der Waals surface area contributed by atoms with Gasteiger partial charge in [-0.2, -0.15) is 0 Å². The molecule has 0 bridgehead atoms. The van der Waals surface area contributed by atoms with Gasteiger partial charge in [-0.3, -0.25) is 4.21 Å². The van der Waals surface area contributed by atoms with Gasteiger partial charge in [0.05, 0.1) is 0 Å². The molecule has 1 rings (SSSR count). The Hall–Kier alpha value is -0.460. The molecule has 1 unspecified atom stereocenters. The van der Waals surface area contributed by atoms with Crippen LogP contribution in [0.4, 0.5) is 4.39 Å². The summed E-state index contributed by atoms with van der Waals surface area (Å²) in [6, 6.07) is 6.44. The molecular weight excluding hydrogens is 301 g/mol. The summed E-state index contributed by atoms with van der Waals surface area (Å²) >= 11 is 6.74. The predicted molar refractivity (Wildman–Crippen MR) is 86.5 cm³/mol. The van der Waals surface area contributed by atoms with Crippen molar-refractivity contribution in [3.05, 3.63) is 35.6 Å². The number of halogens is 1. The molecule has 0 saturated carbocycles. The molecule has 106 valence electrons. The van der Waals surface area contributed by atoms with Crippen LogP contribution < -0.4 is 5.32 Å². The van der Waals surface area contributed by atoms with E-state index >= 15 is 0 Å². The van der Waals surface area contributed by atoms with Crippen LogP contribution in [0, 0.1) is 5.82 Å². The summed E-state index contributed by atoms with van der Waals surface area (Å²) < 4.78 is 24.3. The highest BCUT2D eigenvalue weighted by Gasteiger charge is 1.99. The van der Waals surface area contributed by atoms with Crippen LogP contribution in [0.25, 0.3) is 0 Å². The Morgan fingerprint density at radius 1 is 1.37 bits per heavy atom. The van der Waals surface area contributed by atoms with E-state index in [1.54, 1.807) is 18.4 Å². The third-order valence-corrected chi connectivity index (χ3v) is 4.66. The van der Waals surface area contributed by atoms with E-state index in [4.69, 9.17) is 12.2 Å². The Morgan fingerprint density at radius 3 is 2.68 bits per heavy atom. The van der Waals surface area contributed by atoms with Gasteiger partial charge in [-0.1, -0.05) is 36.1 Å². The van der Waals surface area contributed by atoms with Crippen molar-refractivity contribution in [1.29, 1.82) is 0 Å². The van der Waals surface area contributed by atoms with E-state index in [2.05, 4.69) is 5.32 Å². The second kappa shape index (κ2) is 9.44. The van der Waals surface area contributed by atoms with Crippen molar-refractivity contribution in [2.24, 2.45) is 0 Å². The molecule has 0 heterocycles. The molecule has 1 N–H and O–H groups in total. The Labute approximate surface area is 126 Å². The number of benzene rings is 1. The Bertz CT molecular complexity index is 422. The molecular formula is C13H18FNOS3. The van der Waals surface area contributed by atoms with Gasteiger partial charge in [0.1, 0.15) is 10.1 Å². The first-order valence-corrected chi connectivity index (χ1v) is 9.15. The lowest BCUT2D eigenvalue weighted by Crippen LogP contribution is -2.20. The number of thioether (sulfide) groups is 1. The maximum absolute atomic E-state index is 12.7. The van der Waals surface area contributed by atoms with Gasteiger partial charge in [0.25, 0.3) is 0 Å². The molecule has 6 heteroatoms. The van der Waals surface area contributed by atoms with Gasteiger partial charge in [0.2, 0.25) is 0 Å². The van der Waals surface area contributed by atoms with Crippen LogP contribution in [0.1, 0.15) is 18.4 Å². The van der Waals surface area contributed by atoms with E-state index in [1.165, 1.54) is 23.9 Å². The van der Waals surface area contributed by atoms with E-state index in [1.807, 2.05) is 0 Å². The zero-order valence-electron chi connectivity index (χ0n) is 10.9. The van der Waals surface area contributed by atoms with Crippen LogP contribution in [0.15, 0.2) is 24.3 Å². The molecule has 1 aromatic carbocycles. The highest BCUT2D eigenvalue weighted by atomic mass is 32.2. The summed E-state index contributed by atoms with van der Waals surface area (Å²) in [5.74, 6) is 1.27. The fraction of sp³-hybridized carbons (Fsp3) is 0.462. The molecule has 0 aliphatic carbocycles. The van der Waals surface area contributed by atoms with Crippen LogP contribution in [0.3, 0.4) is 0 Å². The van der Waals surface area contributed by atoms with Crippen molar-refractivity contribution in [3.63, 3.8) is 0 Å². The highest BCUT2D eigenvalue weighted by molar-refractivity contribution is 8.22. The van der Waals surface area contributed by atoms with Gasteiger partial charge in [0, 0.05) is 35.1 Å². The quantitative estimate of drug-likeness (QED) is 0.618. The van der Waals surface area contributed by atoms with Gasteiger partial charge in [-0.05, 0) is 30.5 Å². The Morgan fingerprint density at radius 2 is 2.05 bits per heavy atom. The first-order valence-electron chi connectivity index (χ1n) is 6.03. The minimum Gasteiger partial charge on any atom is -0.371 e. The zero-order valence-corrected chi connectivity index (χ0v) is 13.3. The maximum atomic E-state index is 12.7. The topological polar surface area (TPSA) is 29.1 Å². The minimum atomic E-state index is -0.706. The lowest BCUT2D eigenvalue weighted by atomic mass is 10.2. The van der Waals surface area contributed by atoms with Gasteiger partial charge in [-0.25, -0.2) is 4.39 Å². The van der Waals surface area contributed by atoms with Crippen LogP contribution in [-0.4, -0.2) is 27.1 Å². The van der Waals surface area contributed by atoms with E-state index in [0.29, 0.717) is 0 Å². The Kier molecular flexibility index (Phi) is 8.25. The van der Waals surface area contributed by atoms with Crippen molar-refractivity contribution >= 4 is 39.1 Å². The maximum Gasteiger partial charge on any atom is 0.134 e. The van der Waals surface area contributed by atoms with Gasteiger partial charge < -0.3 is 5.32 Å². The van der Waals surface area contributed by atoms with Crippen molar-refractivity contribution < 1.29 is 8.60 Å². The van der Waals surface area contributed by atoms with E-state index in [9.17, 15) is 8.60 Å². The van der Waals surface area contributed by atoms with Crippen molar-refractivity contribution in [3.8, 4) is 0 Å². The van der Waals surface area contributed by atoms with Crippen molar-refractivity contribution in [2.75, 3.05) is 18.6 Å². The molecule has 0 fully saturated rings. The zero-order chi connectivity index (χ0) is 14.1. The summed E-state index contributed by atoms with van der Waals surface area (Å²) in [4.78, 5) is 0. The Balaban J connectivity index is 2.11. The molecule has 1 aromatic rings. The van der Waals surface area contributed by atoms with Crippen LogP contribution >= 0.6 is 24.0 Å². The molecule has 0 aliphatic heterocycles. The largest absolute Gasteiger partial charge is 0.371 e. The summed E-state index contributed by atoms with van der Waals surface area (Å²) in [6.07, 6.45) is 3.63. The first-order chi connectivity index (χ1) is 9.08. The number of nitrogens with one attached hydrogen (secondary N) is 1. The average Bonchev–Trinajstić information content (AvgIpc) is 2.37. The van der Waals surface area contributed by atoms with E-state index in [0.717, 1.165) is 40.8 Å². The molecule has 19 heavy (non-hydrogen) atoms. The number of hydrogen-bond acceptors (Lipinski definition) is 3. The smallest absolute Gasteiger partial charge is 0.134 e. The molecule has 0 spiro atoms. The summed E-state index contributed by atoms with van der Waals surface area (Å²) in [5, 5.41) is 3.16. The van der Waals surface area contributed by atoms with Crippen molar-refractivity contribution in [2.45, 2.75) is 18.6 Å². The SMILES string of the molecule is CS(=O)CCCCNC(=S)SCc1ccc(F)cc1. The lowest BCUT2D eigenvalue weighted by molar-refractivity contribution is 0.627. The van der Waals surface area contributed by atoms with Gasteiger partial charge >= 0.3 is 0 Å². The van der Waals surface area contributed by atoms with Crippen molar-refractivity contribution in [1.82, 2.24) is 5.32 Å². The third-order valence-electron chi connectivity index (χ3n) is 2.41. The van der Waals surface area contributed by atoms with E-state index < -0.39 is 10.8 Å². The van der Waals surface area contributed by atoms with Crippen LogP contribution in [0.2, 0.25) is 0 Å². The minimum absolute atomic E-state index is 0.220. The fourth-order valence-electron chi connectivity index (χ4n) is 1.40. The molecule has 0 saturated heterocycles. The fourth-order valence-corrected chi connectivity index (χ4v) is 2.99. The average molecular weight is 319 g/mol. The normalized spacial score (nSPS) is 12.1. The number of unbranched alkanes of at least 4 members (excludes halogenated alkanes) is 1. The molecule has 1 atom stereocenters. The monoisotopic (exact) mass is 319 g/mol. The summed E-state index contributed by atoms with van der Waals surface area (Å²) in [6.45, 7) is 0.812. The van der Waals surface area contributed by atoms with E-state index in [-0.39, 0.29) is 5.82 Å². The molecule has 0 aromatic heterocycles. The molecule has 0 aliphatic rings. The van der Waals surface area contributed by atoms with Gasteiger partial charge in [-0.15, -0.1) is 0 Å². The summed E-state index contributed by atoms with van der Waals surface area (Å²) in [5.41, 5.74) is 1.05. The number of rotatable bonds is 7. The van der Waals surface area contributed by atoms with Crippen LogP contribution in [0.5, 0.6) is 0 Å². The second-order valence-corrected chi connectivity index (χ2v) is 7.32. The number of thiocarbonyl (C=S) groups is 1. The predicted octanol–water partition coefficient (Wildman–Crippen LogP) is 3.09. The number of hydrogen-bond donors (Lipinski definition) is 1. The van der Waals surface area contributed by atoms with Gasteiger partial charge in [0.15, 0.2) is 0 Å². The molecule has 2 nitrogen and oxygen atoms in total. The third kappa shape index (κ3) is 8.34. The summed E-state index contributed by atoms with van der Waals surface area (Å²) in [7, 11) is -0.706. The van der Waals surface area contributed by atoms with Crippen LogP contribution in [-0.2, 0) is 16.6 Å². The molecule has 0 radical (unpaired) electrons. The molecule has 0 amide bonds. The first kappa shape index (κ1) is 16.6.